The van der Waals surface area contributed by atoms with Gasteiger partial charge in [-0.25, -0.2) is 4.79 Å². The van der Waals surface area contributed by atoms with Crippen LogP contribution in [0.15, 0.2) is 48.7 Å². The van der Waals surface area contributed by atoms with Crippen LogP contribution >= 0.6 is 0 Å². The topological polar surface area (TPSA) is 57.5 Å². The van der Waals surface area contributed by atoms with Gasteiger partial charge in [-0.1, -0.05) is 30.3 Å². The SMILES string of the molecule is COC(=O)C(C)(C)COC(=O)c1cccn1[C@H](C)c1ccccc1. The number of benzene rings is 1. The number of nitrogens with zero attached hydrogens (tertiary/aromatic N) is 1. The van der Waals surface area contributed by atoms with Gasteiger partial charge in [-0.3, -0.25) is 4.79 Å². The second kappa shape index (κ2) is 7.34. The molecule has 1 atom stereocenters. The first kappa shape index (κ1) is 17.8. The molecular weight excluding hydrogens is 306 g/mol. The van der Waals surface area contributed by atoms with Crippen molar-refractivity contribution in [3.8, 4) is 0 Å². The minimum absolute atomic E-state index is 0.00244. The second-order valence-corrected chi connectivity index (χ2v) is 6.34. The average Bonchev–Trinajstić information content (AvgIpc) is 3.08. The maximum Gasteiger partial charge on any atom is 0.354 e. The number of aromatic nitrogens is 1. The first-order valence-corrected chi connectivity index (χ1v) is 7.84. The van der Waals surface area contributed by atoms with Gasteiger partial charge in [0.1, 0.15) is 12.3 Å². The predicted molar refractivity (Wildman–Crippen MR) is 90.8 cm³/mol. The summed E-state index contributed by atoms with van der Waals surface area (Å²) in [5.74, 6) is -0.872. The first-order valence-electron chi connectivity index (χ1n) is 7.84. The van der Waals surface area contributed by atoms with Crippen molar-refractivity contribution in [1.29, 1.82) is 0 Å². The zero-order chi connectivity index (χ0) is 17.7. The number of ether oxygens (including phenoxy) is 2. The van der Waals surface area contributed by atoms with E-state index in [0.717, 1.165) is 5.56 Å². The molecule has 0 aliphatic rings. The van der Waals surface area contributed by atoms with Gasteiger partial charge in [0.05, 0.1) is 18.6 Å². The molecule has 1 aromatic carbocycles. The Bertz CT molecular complexity index is 703. The normalized spacial score (nSPS) is 12.5. The largest absolute Gasteiger partial charge is 0.469 e. The number of hydrogen-bond acceptors (Lipinski definition) is 4. The molecule has 0 amide bonds. The lowest BCUT2D eigenvalue weighted by Crippen LogP contribution is -2.32. The van der Waals surface area contributed by atoms with Crippen molar-refractivity contribution in [3.63, 3.8) is 0 Å². The lowest BCUT2D eigenvalue weighted by molar-refractivity contribution is -0.152. The van der Waals surface area contributed by atoms with E-state index < -0.39 is 17.4 Å². The van der Waals surface area contributed by atoms with E-state index >= 15 is 0 Å². The van der Waals surface area contributed by atoms with E-state index in [9.17, 15) is 9.59 Å². The minimum Gasteiger partial charge on any atom is -0.469 e. The number of esters is 2. The highest BCUT2D eigenvalue weighted by Crippen LogP contribution is 2.22. The minimum atomic E-state index is -0.882. The molecular formula is C19H23NO4. The zero-order valence-electron chi connectivity index (χ0n) is 14.5. The van der Waals surface area contributed by atoms with Crippen LogP contribution < -0.4 is 0 Å². The molecule has 0 radical (unpaired) electrons. The summed E-state index contributed by atoms with van der Waals surface area (Å²) >= 11 is 0. The number of rotatable bonds is 6. The highest BCUT2D eigenvalue weighted by Gasteiger charge is 2.31. The Morgan fingerprint density at radius 2 is 1.79 bits per heavy atom. The van der Waals surface area contributed by atoms with Gasteiger partial charge in [-0.2, -0.15) is 0 Å². The Morgan fingerprint density at radius 1 is 1.12 bits per heavy atom. The van der Waals surface area contributed by atoms with Gasteiger partial charge in [0.2, 0.25) is 0 Å². The van der Waals surface area contributed by atoms with Crippen LogP contribution in [0, 0.1) is 5.41 Å². The van der Waals surface area contributed by atoms with Gasteiger partial charge < -0.3 is 14.0 Å². The molecule has 0 saturated carbocycles. The summed E-state index contributed by atoms with van der Waals surface area (Å²) in [7, 11) is 1.32. The maximum absolute atomic E-state index is 12.4. The highest BCUT2D eigenvalue weighted by atomic mass is 16.5. The van der Waals surface area contributed by atoms with Crippen LogP contribution in [0.25, 0.3) is 0 Å². The van der Waals surface area contributed by atoms with Crippen molar-refractivity contribution in [2.45, 2.75) is 26.8 Å². The summed E-state index contributed by atoms with van der Waals surface area (Å²) in [6, 6.07) is 13.4. The van der Waals surface area contributed by atoms with E-state index in [0.29, 0.717) is 5.69 Å². The molecule has 0 aliphatic heterocycles. The monoisotopic (exact) mass is 329 g/mol. The van der Waals surface area contributed by atoms with Crippen molar-refractivity contribution >= 4 is 11.9 Å². The molecule has 1 heterocycles. The Hall–Kier alpha value is -2.56. The molecule has 0 saturated heterocycles. The lowest BCUT2D eigenvalue weighted by atomic mass is 9.95. The molecule has 0 fully saturated rings. The van der Waals surface area contributed by atoms with Gasteiger partial charge in [0, 0.05) is 6.20 Å². The molecule has 5 nitrogen and oxygen atoms in total. The number of hydrogen-bond donors (Lipinski definition) is 0. The van der Waals surface area contributed by atoms with Crippen LogP contribution in [-0.4, -0.2) is 30.2 Å². The Morgan fingerprint density at radius 3 is 2.42 bits per heavy atom. The molecule has 2 aromatic rings. The average molecular weight is 329 g/mol. The Kier molecular flexibility index (Phi) is 5.44. The van der Waals surface area contributed by atoms with Gasteiger partial charge in [0.15, 0.2) is 0 Å². The summed E-state index contributed by atoms with van der Waals surface area (Å²) in [6.45, 7) is 5.34. The van der Waals surface area contributed by atoms with Crippen LogP contribution in [0.5, 0.6) is 0 Å². The summed E-state index contributed by atoms with van der Waals surface area (Å²) in [4.78, 5) is 24.1. The van der Waals surface area contributed by atoms with E-state index in [1.54, 1.807) is 19.9 Å². The van der Waals surface area contributed by atoms with Crippen LogP contribution in [0.4, 0.5) is 0 Å². The fourth-order valence-electron chi connectivity index (χ4n) is 2.45. The van der Waals surface area contributed by atoms with Crippen LogP contribution in [0.2, 0.25) is 0 Å². The molecule has 128 valence electrons. The van der Waals surface area contributed by atoms with E-state index in [2.05, 4.69) is 0 Å². The molecule has 0 unspecified atom stereocenters. The summed E-state index contributed by atoms with van der Waals surface area (Å²) in [5, 5.41) is 0. The molecule has 0 aliphatic carbocycles. The standard InChI is InChI=1S/C19H23NO4/c1-14(15-9-6-5-7-10-15)20-12-8-11-16(20)17(21)24-13-19(2,3)18(22)23-4/h5-12,14H,13H2,1-4H3/t14-/m1/s1. The maximum atomic E-state index is 12.4. The van der Waals surface area contributed by atoms with Crippen molar-refractivity contribution in [1.82, 2.24) is 4.57 Å². The molecule has 0 bridgehead atoms. The molecule has 24 heavy (non-hydrogen) atoms. The summed E-state index contributed by atoms with van der Waals surface area (Å²) in [5.41, 5.74) is 0.664. The first-order chi connectivity index (χ1) is 11.4. The second-order valence-electron chi connectivity index (χ2n) is 6.34. The third kappa shape index (κ3) is 3.85. The van der Waals surface area contributed by atoms with Gasteiger partial charge in [-0.05, 0) is 38.5 Å². The quantitative estimate of drug-likeness (QED) is 0.762. The molecule has 0 spiro atoms. The number of methoxy groups -OCH3 is 1. The van der Waals surface area contributed by atoms with E-state index in [1.807, 2.05) is 54.1 Å². The molecule has 0 N–H and O–H groups in total. The summed E-state index contributed by atoms with van der Waals surface area (Å²) in [6.07, 6.45) is 1.85. The number of carbonyl (C=O) groups is 2. The molecule has 5 heteroatoms. The molecule has 1 aromatic heterocycles. The van der Waals surface area contributed by atoms with Crippen LogP contribution in [0.3, 0.4) is 0 Å². The van der Waals surface area contributed by atoms with Crippen molar-refractivity contribution in [3.05, 3.63) is 59.9 Å². The zero-order valence-corrected chi connectivity index (χ0v) is 14.5. The van der Waals surface area contributed by atoms with Crippen molar-refractivity contribution < 1.29 is 19.1 Å². The predicted octanol–water partition coefficient (Wildman–Crippen LogP) is 3.45. The molecule has 2 rings (SSSR count). The van der Waals surface area contributed by atoms with Crippen LogP contribution in [-0.2, 0) is 14.3 Å². The highest BCUT2D eigenvalue weighted by molar-refractivity contribution is 5.88. The lowest BCUT2D eigenvalue weighted by Gasteiger charge is -2.22. The fraction of sp³-hybridized carbons (Fsp3) is 0.368. The van der Waals surface area contributed by atoms with Gasteiger partial charge in [-0.15, -0.1) is 0 Å². The Labute approximate surface area is 142 Å². The number of carbonyl (C=O) groups excluding carboxylic acids is 2. The smallest absolute Gasteiger partial charge is 0.354 e. The third-order valence-electron chi connectivity index (χ3n) is 3.99. The Balaban J connectivity index is 2.12. The third-order valence-corrected chi connectivity index (χ3v) is 3.99. The van der Waals surface area contributed by atoms with Crippen molar-refractivity contribution in [2.24, 2.45) is 5.41 Å². The van der Waals surface area contributed by atoms with Gasteiger partial charge in [0.25, 0.3) is 0 Å². The van der Waals surface area contributed by atoms with E-state index in [4.69, 9.17) is 9.47 Å². The van der Waals surface area contributed by atoms with Gasteiger partial charge >= 0.3 is 11.9 Å². The van der Waals surface area contributed by atoms with E-state index in [1.165, 1.54) is 7.11 Å². The van der Waals surface area contributed by atoms with Crippen LogP contribution in [0.1, 0.15) is 42.9 Å². The van der Waals surface area contributed by atoms with E-state index in [-0.39, 0.29) is 12.6 Å². The van der Waals surface area contributed by atoms with Crippen molar-refractivity contribution in [2.75, 3.05) is 13.7 Å². The summed E-state index contributed by atoms with van der Waals surface area (Å²) < 4.78 is 11.9. The fourth-order valence-corrected chi connectivity index (χ4v) is 2.45.